The maximum atomic E-state index is 14.6. The lowest BCUT2D eigenvalue weighted by molar-refractivity contribution is -0.293. The predicted octanol–water partition coefficient (Wildman–Crippen LogP) is 1.43. The molecule has 1 aromatic carbocycles. The molecule has 0 radical (unpaired) electrons. The van der Waals surface area contributed by atoms with Crippen molar-refractivity contribution >= 4 is 17.5 Å². The second kappa shape index (κ2) is 7.40. The van der Waals surface area contributed by atoms with Gasteiger partial charge >= 0.3 is 12.0 Å². The molecule has 160 valence electrons. The van der Waals surface area contributed by atoms with Crippen molar-refractivity contribution in [2.24, 2.45) is 7.05 Å². The first-order valence-electron chi connectivity index (χ1n) is 9.20. The predicted molar refractivity (Wildman–Crippen MR) is 97.4 cm³/mol. The van der Waals surface area contributed by atoms with E-state index in [-0.39, 0.29) is 44.2 Å². The number of benzene rings is 1. The van der Waals surface area contributed by atoms with E-state index in [2.05, 4.69) is 4.98 Å². The van der Waals surface area contributed by atoms with Gasteiger partial charge in [-0.2, -0.15) is 8.78 Å². The van der Waals surface area contributed by atoms with Crippen LogP contribution < -0.4 is 4.90 Å². The Balaban J connectivity index is 1.65. The van der Waals surface area contributed by atoms with Gasteiger partial charge in [0.15, 0.2) is 0 Å². The highest BCUT2D eigenvalue weighted by atomic mass is 19.3. The van der Waals surface area contributed by atoms with Crippen LogP contribution in [0.15, 0.2) is 36.8 Å². The SMILES string of the molecule is Cn1cnc(C(=O)N2CCOCC3(C2)CN(c2ccc(F)cc2)C(=O)C(F)(F)O3)c1. The number of nitrogens with zero attached hydrogens (tertiary/aromatic N) is 4. The van der Waals surface area contributed by atoms with Gasteiger partial charge in [0.1, 0.15) is 17.1 Å². The summed E-state index contributed by atoms with van der Waals surface area (Å²) in [5, 5.41) is 0. The van der Waals surface area contributed by atoms with E-state index in [0.29, 0.717) is 0 Å². The number of carbonyl (C=O) groups is 2. The van der Waals surface area contributed by atoms with Gasteiger partial charge in [0.25, 0.3) is 5.91 Å². The van der Waals surface area contributed by atoms with Crippen LogP contribution in [0.5, 0.6) is 0 Å². The average molecular weight is 424 g/mol. The van der Waals surface area contributed by atoms with Crippen LogP contribution in [0.25, 0.3) is 0 Å². The number of morpholine rings is 1. The molecule has 1 spiro atoms. The van der Waals surface area contributed by atoms with E-state index in [0.717, 1.165) is 17.0 Å². The van der Waals surface area contributed by atoms with Crippen LogP contribution in [0.2, 0.25) is 0 Å². The summed E-state index contributed by atoms with van der Waals surface area (Å²) in [6, 6.07) is 4.61. The molecule has 1 aromatic heterocycles. The van der Waals surface area contributed by atoms with Crippen molar-refractivity contribution in [3.63, 3.8) is 0 Å². The van der Waals surface area contributed by atoms with Crippen LogP contribution >= 0.6 is 0 Å². The van der Waals surface area contributed by atoms with Crippen LogP contribution in [-0.2, 0) is 21.3 Å². The van der Waals surface area contributed by atoms with E-state index in [1.165, 1.54) is 29.6 Å². The molecule has 2 fully saturated rings. The molecule has 2 aliphatic rings. The summed E-state index contributed by atoms with van der Waals surface area (Å²) >= 11 is 0. The molecule has 2 aromatic rings. The summed E-state index contributed by atoms with van der Waals surface area (Å²) in [6.45, 7) is -0.516. The molecule has 3 heterocycles. The zero-order valence-electron chi connectivity index (χ0n) is 16.1. The fourth-order valence-corrected chi connectivity index (χ4v) is 3.62. The second-order valence-electron chi connectivity index (χ2n) is 7.37. The number of aryl methyl sites for hydroxylation is 1. The molecule has 1 atom stereocenters. The number of imidazole rings is 1. The number of amides is 2. The van der Waals surface area contributed by atoms with Gasteiger partial charge in [-0.1, -0.05) is 0 Å². The maximum Gasteiger partial charge on any atom is 0.437 e. The quantitative estimate of drug-likeness (QED) is 0.729. The van der Waals surface area contributed by atoms with Crippen molar-refractivity contribution in [2.45, 2.75) is 11.7 Å². The lowest BCUT2D eigenvalue weighted by Crippen LogP contribution is -2.66. The normalized spacial score (nSPS) is 24.2. The summed E-state index contributed by atoms with van der Waals surface area (Å²) in [7, 11) is 1.70. The van der Waals surface area contributed by atoms with E-state index >= 15 is 0 Å². The molecular weight excluding hydrogens is 405 g/mol. The van der Waals surface area contributed by atoms with Crippen molar-refractivity contribution in [1.82, 2.24) is 14.5 Å². The maximum absolute atomic E-state index is 14.6. The first kappa shape index (κ1) is 20.4. The number of aromatic nitrogens is 2. The first-order valence-corrected chi connectivity index (χ1v) is 9.20. The Bertz CT molecular complexity index is 965. The van der Waals surface area contributed by atoms with E-state index < -0.39 is 29.3 Å². The topological polar surface area (TPSA) is 76.9 Å². The Kier molecular flexibility index (Phi) is 5.02. The van der Waals surface area contributed by atoms with Gasteiger partial charge < -0.3 is 19.1 Å². The standard InChI is InChI=1S/C19H19F3N4O4/c1-24-8-15(23-12-24)16(27)25-6-7-29-11-18(9-25)10-26(17(28)19(21,22)30-18)14-4-2-13(20)3-5-14/h2-5,8,12H,6-7,9-11H2,1H3. The Morgan fingerprint density at radius 1 is 1.20 bits per heavy atom. The van der Waals surface area contributed by atoms with Gasteiger partial charge in [-0.15, -0.1) is 0 Å². The number of carbonyl (C=O) groups excluding carboxylic acids is 2. The molecule has 0 bridgehead atoms. The third-order valence-electron chi connectivity index (χ3n) is 4.98. The third kappa shape index (κ3) is 3.77. The lowest BCUT2D eigenvalue weighted by Gasteiger charge is -2.45. The zero-order chi connectivity index (χ0) is 21.5. The molecule has 0 aliphatic carbocycles. The molecule has 1 unspecified atom stereocenters. The average Bonchev–Trinajstić information content (AvgIpc) is 3.03. The summed E-state index contributed by atoms with van der Waals surface area (Å²) in [6.07, 6.45) is -1.16. The van der Waals surface area contributed by atoms with Crippen molar-refractivity contribution in [3.05, 3.63) is 48.3 Å². The molecule has 30 heavy (non-hydrogen) atoms. The van der Waals surface area contributed by atoms with Crippen molar-refractivity contribution < 1.29 is 32.2 Å². The fraction of sp³-hybridized carbons (Fsp3) is 0.421. The molecule has 2 aliphatic heterocycles. The van der Waals surface area contributed by atoms with Crippen LogP contribution in [0.3, 0.4) is 0 Å². The largest absolute Gasteiger partial charge is 0.437 e. The van der Waals surface area contributed by atoms with Gasteiger partial charge in [0.05, 0.1) is 32.6 Å². The molecular formula is C19H19F3N4O4. The summed E-state index contributed by atoms with van der Waals surface area (Å²) in [4.78, 5) is 31.3. The minimum atomic E-state index is -4.14. The van der Waals surface area contributed by atoms with Crippen LogP contribution in [-0.4, -0.2) is 70.8 Å². The smallest absolute Gasteiger partial charge is 0.376 e. The minimum absolute atomic E-state index is 0.0931. The number of halogens is 3. The first-order chi connectivity index (χ1) is 14.2. The zero-order valence-corrected chi connectivity index (χ0v) is 16.1. The minimum Gasteiger partial charge on any atom is -0.376 e. The number of rotatable bonds is 2. The van der Waals surface area contributed by atoms with Gasteiger partial charge in [-0.25, -0.2) is 9.37 Å². The molecule has 4 rings (SSSR count). The van der Waals surface area contributed by atoms with E-state index in [1.807, 2.05) is 0 Å². The number of hydrogen-bond acceptors (Lipinski definition) is 5. The summed E-state index contributed by atoms with van der Waals surface area (Å²) in [5.74, 6) is -2.59. The number of anilines is 1. The highest BCUT2D eigenvalue weighted by Gasteiger charge is 2.58. The number of hydrogen-bond donors (Lipinski definition) is 0. The third-order valence-corrected chi connectivity index (χ3v) is 4.98. The Morgan fingerprint density at radius 2 is 1.93 bits per heavy atom. The number of ether oxygens (including phenoxy) is 2. The van der Waals surface area contributed by atoms with Crippen molar-refractivity contribution in [2.75, 3.05) is 37.7 Å². The van der Waals surface area contributed by atoms with Gasteiger partial charge in [0.2, 0.25) is 0 Å². The van der Waals surface area contributed by atoms with E-state index in [4.69, 9.17) is 9.47 Å². The summed E-state index contributed by atoms with van der Waals surface area (Å²) < 4.78 is 54.4. The van der Waals surface area contributed by atoms with Crippen molar-refractivity contribution in [3.8, 4) is 0 Å². The van der Waals surface area contributed by atoms with Crippen molar-refractivity contribution in [1.29, 1.82) is 0 Å². The highest BCUT2D eigenvalue weighted by Crippen LogP contribution is 2.37. The summed E-state index contributed by atoms with van der Waals surface area (Å²) in [5.41, 5.74) is -1.42. The lowest BCUT2D eigenvalue weighted by atomic mass is 10.00. The Morgan fingerprint density at radius 3 is 2.60 bits per heavy atom. The number of alkyl halides is 2. The van der Waals surface area contributed by atoms with E-state index in [1.54, 1.807) is 11.6 Å². The van der Waals surface area contributed by atoms with Gasteiger partial charge in [-0.3, -0.25) is 14.3 Å². The monoisotopic (exact) mass is 424 g/mol. The van der Waals surface area contributed by atoms with Gasteiger partial charge in [0, 0.05) is 25.5 Å². The highest BCUT2D eigenvalue weighted by molar-refractivity contribution is 5.98. The molecule has 2 saturated heterocycles. The van der Waals surface area contributed by atoms with Crippen LogP contribution in [0.1, 0.15) is 10.5 Å². The fourth-order valence-electron chi connectivity index (χ4n) is 3.62. The second-order valence-corrected chi connectivity index (χ2v) is 7.37. The van der Waals surface area contributed by atoms with Crippen LogP contribution in [0, 0.1) is 5.82 Å². The molecule has 11 heteroatoms. The van der Waals surface area contributed by atoms with E-state index in [9.17, 15) is 22.8 Å². The molecule has 0 saturated carbocycles. The molecule has 0 N–H and O–H groups in total. The molecule has 8 nitrogen and oxygen atoms in total. The Labute approximate surface area is 169 Å². The Hall–Kier alpha value is -2.92. The van der Waals surface area contributed by atoms with Crippen LogP contribution in [0.4, 0.5) is 18.9 Å². The molecule has 2 amide bonds. The van der Waals surface area contributed by atoms with Gasteiger partial charge in [-0.05, 0) is 24.3 Å².